The first-order chi connectivity index (χ1) is 13.0. The molecule has 1 amide bonds. The predicted molar refractivity (Wildman–Crippen MR) is 107 cm³/mol. The van der Waals surface area contributed by atoms with Crippen LogP contribution in [0.5, 0.6) is 0 Å². The van der Waals surface area contributed by atoms with Gasteiger partial charge in [-0.1, -0.05) is 6.07 Å². The van der Waals surface area contributed by atoms with E-state index in [1.807, 2.05) is 17.5 Å². The number of nitrogens with zero attached hydrogens (tertiary/aromatic N) is 2. The lowest BCUT2D eigenvalue weighted by atomic mass is 10.2. The molecule has 2 aromatic rings. The third-order valence-corrected chi connectivity index (χ3v) is 7.02. The average Bonchev–Trinajstić information content (AvgIpc) is 3.38. The summed E-state index contributed by atoms with van der Waals surface area (Å²) in [6.07, 6.45) is 2.46. The van der Waals surface area contributed by atoms with Crippen LogP contribution in [0, 0.1) is 0 Å². The summed E-state index contributed by atoms with van der Waals surface area (Å²) in [6.45, 7) is 4.02. The zero-order chi connectivity index (χ0) is 19.3. The molecule has 6 nitrogen and oxygen atoms in total. The molecule has 1 aliphatic heterocycles. The standard InChI is InChI=1S/C19H25N3O3S2/c1-21(12-13-22-10-2-3-11-22)19(23)16-6-8-18(9-7-16)27(24,25)20-15-17-5-4-14-26-17/h4-9,14,20H,2-3,10-13,15H2,1H3. The molecule has 0 radical (unpaired) electrons. The van der Waals surface area contributed by atoms with E-state index in [1.165, 1.54) is 36.3 Å². The summed E-state index contributed by atoms with van der Waals surface area (Å²) in [7, 11) is -1.81. The second kappa shape index (κ2) is 8.97. The zero-order valence-electron chi connectivity index (χ0n) is 15.4. The Morgan fingerprint density at radius 1 is 1.19 bits per heavy atom. The van der Waals surface area contributed by atoms with Gasteiger partial charge in [0, 0.05) is 37.1 Å². The van der Waals surface area contributed by atoms with Crippen LogP contribution in [0.4, 0.5) is 0 Å². The third-order valence-electron chi connectivity index (χ3n) is 4.73. The Kier molecular flexibility index (Phi) is 6.64. The van der Waals surface area contributed by atoms with Crippen LogP contribution in [-0.2, 0) is 16.6 Å². The van der Waals surface area contributed by atoms with Gasteiger partial charge in [-0.05, 0) is 61.6 Å². The van der Waals surface area contributed by atoms with E-state index in [9.17, 15) is 13.2 Å². The first kappa shape index (κ1) is 20.0. The number of hydrogen-bond donors (Lipinski definition) is 1. The largest absolute Gasteiger partial charge is 0.340 e. The molecule has 0 bridgehead atoms. The molecule has 0 aliphatic carbocycles. The molecule has 0 saturated carbocycles. The van der Waals surface area contributed by atoms with Gasteiger partial charge in [0.2, 0.25) is 10.0 Å². The van der Waals surface area contributed by atoms with Gasteiger partial charge in [-0.25, -0.2) is 13.1 Å². The van der Waals surface area contributed by atoms with Crippen molar-refractivity contribution in [3.05, 3.63) is 52.2 Å². The molecule has 0 atom stereocenters. The fraction of sp³-hybridized carbons (Fsp3) is 0.421. The molecule has 146 valence electrons. The molecule has 0 unspecified atom stereocenters. The van der Waals surface area contributed by atoms with Crippen molar-refractivity contribution in [2.45, 2.75) is 24.3 Å². The number of carbonyl (C=O) groups is 1. The number of thiophene rings is 1. The van der Waals surface area contributed by atoms with Gasteiger partial charge in [-0.15, -0.1) is 11.3 Å². The first-order valence-corrected chi connectivity index (χ1v) is 11.4. The fourth-order valence-electron chi connectivity index (χ4n) is 3.06. The first-order valence-electron chi connectivity index (χ1n) is 9.06. The summed E-state index contributed by atoms with van der Waals surface area (Å²) in [5.74, 6) is -0.0929. The lowest BCUT2D eigenvalue weighted by molar-refractivity contribution is 0.0782. The van der Waals surface area contributed by atoms with Crippen LogP contribution in [0.2, 0.25) is 0 Å². The van der Waals surface area contributed by atoms with E-state index in [1.54, 1.807) is 24.1 Å². The van der Waals surface area contributed by atoms with E-state index in [4.69, 9.17) is 0 Å². The Labute approximate surface area is 164 Å². The van der Waals surface area contributed by atoms with Crippen molar-refractivity contribution in [2.24, 2.45) is 0 Å². The predicted octanol–water partition coefficient (Wildman–Crippen LogP) is 2.39. The molecule has 0 spiro atoms. The summed E-state index contributed by atoms with van der Waals surface area (Å²) in [5, 5.41) is 1.91. The van der Waals surface area contributed by atoms with Gasteiger partial charge in [0.05, 0.1) is 4.90 Å². The van der Waals surface area contributed by atoms with Crippen LogP contribution in [-0.4, -0.2) is 57.4 Å². The van der Waals surface area contributed by atoms with Crippen LogP contribution in [0.1, 0.15) is 28.1 Å². The number of rotatable bonds is 8. The molecule has 27 heavy (non-hydrogen) atoms. The van der Waals surface area contributed by atoms with Gasteiger partial charge in [0.1, 0.15) is 0 Å². The molecule has 1 saturated heterocycles. The maximum absolute atomic E-state index is 12.5. The van der Waals surface area contributed by atoms with Crippen molar-refractivity contribution in [3.8, 4) is 0 Å². The number of likely N-dealkylation sites (N-methyl/N-ethyl adjacent to an activating group) is 1. The minimum absolute atomic E-state index is 0.0929. The van der Waals surface area contributed by atoms with Crippen LogP contribution in [0.15, 0.2) is 46.7 Å². The van der Waals surface area contributed by atoms with Crippen molar-refractivity contribution < 1.29 is 13.2 Å². The van der Waals surface area contributed by atoms with E-state index in [0.29, 0.717) is 12.1 Å². The average molecular weight is 408 g/mol. The van der Waals surface area contributed by atoms with E-state index in [0.717, 1.165) is 24.5 Å². The van der Waals surface area contributed by atoms with E-state index in [2.05, 4.69) is 9.62 Å². The minimum atomic E-state index is -3.60. The molecule has 8 heteroatoms. The molecule has 3 rings (SSSR count). The van der Waals surface area contributed by atoms with Gasteiger partial charge >= 0.3 is 0 Å². The van der Waals surface area contributed by atoms with Crippen LogP contribution < -0.4 is 4.72 Å². The third kappa shape index (κ3) is 5.38. The topological polar surface area (TPSA) is 69.7 Å². The highest BCUT2D eigenvalue weighted by atomic mass is 32.2. The summed E-state index contributed by atoms with van der Waals surface area (Å²) in [6, 6.07) is 9.89. The molecule has 1 fully saturated rings. The lowest BCUT2D eigenvalue weighted by Gasteiger charge is -2.21. The van der Waals surface area contributed by atoms with Crippen molar-refractivity contribution in [1.82, 2.24) is 14.5 Å². The smallest absolute Gasteiger partial charge is 0.253 e. The van der Waals surface area contributed by atoms with Crippen molar-refractivity contribution >= 4 is 27.3 Å². The highest BCUT2D eigenvalue weighted by Crippen LogP contribution is 2.14. The number of nitrogens with one attached hydrogen (secondary N) is 1. The molecule has 1 aromatic heterocycles. The maximum atomic E-state index is 12.5. The number of benzene rings is 1. The Bertz CT molecular complexity index is 843. The Morgan fingerprint density at radius 3 is 2.52 bits per heavy atom. The molecule has 2 heterocycles. The van der Waals surface area contributed by atoms with Gasteiger partial charge in [0.25, 0.3) is 5.91 Å². The highest BCUT2D eigenvalue weighted by molar-refractivity contribution is 7.89. The van der Waals surface area contributed by atoms with E-state index >= 15 is 0 Å². The maximum Gasteiger partial charge on any atom is 0.253 e. The van der Waals surface area contributed by atoms with Crippen molar-refractivity contribution in [3.63, 3.8) is 0 Å². The summed E-state index contributed by atoms with van der Waals surface area (Å²) in [5.41, 5.74) is 0.496. The van der Waals surface area contributed by atoms with Gasteiger partial charge in [-0.2, -0.15) is 0 Å². The number of likely N-dealkylation sites (tertiary alicyclic amines) is 1. The van der Waals surface area contributed by atoms with Gasteiger partial charge in [0.15, 0.2) is 0 Å². The van der Waals surface area contributed by atoms with Crippen molar-refractivity contribution in [2.75, 3.05) is 33.2 Å². The number of amides is 1. The second-order valence-electron chi connectivity index (χ2n) is 6.70. The number of sulfonamides is 1. The summed E-state index contributed by atoms with van der Waals surface area (Å²) >= 11 is 1.50. The zero-order valence-corrected chi connectivity index (χ0v) is 17.1. The Hall–Kier alpha value is -1.74. The minimum Gasteiger partial charge on any atom is -0.340 e. The Balaban J connectivity index is 1.57. The molecule has 1 aromatic carbocycles. The molecular formula is C19H25N3O3S2. The fourth-order valence-corrected chi connectivity index (χ4v) is 4.80. The molecule has 1 N–H and O–H groups in total. The lowest BCUT2D eigenvalue weighted by Crippen LogP contribution is -2.35. The molecular weight excluding hydrogens is 382 g/mol. The Morgan fingerprint density at radius 2 is 1.89 bits per heavy atom. The monoisotopic (exact) mass is 407 g/mol. The number of carbonyl (C=O) groups excluding carboxylic acids is 1. The van der Waals surface area contributed by atoms with Crippen LogP contribution in [0.3, 0.4) is 0 Å². The quantitative estimate of drug-likeness (QED) is 0.730. The summed E-state index contributed by atoms with van der Waals surface area (Å²) < 4.78 is 27.4. The highest BCUT2D eigenvalue weighted by Gasteiger charge is 2.18. The van der Waals surface area contributed by atoms with E-state index < -0.39 is 10.0 Å². The van der Waals surface area contributed by atoms with Crippen LogP contribution >= 0.6 is 11.3 Å². The van der Waals surface area contributed by atoms with Gasteiger partial charge in [-0.3, -0.25) is 4.79 Å². The molecule has 1 aliphatic rings. The second-order valence-corrected chi connectivity index (χ2v) is 9.50. The van der Waals surface area contributed by atoms with Gasteiger partial charge < -0.3 is 9.80 Å². The van der Waals surface area contributed by atoms with Crippen LogP contribution in [0.25, 0.3) is 0 Å². The SMILES string of the molecule is CN(CCN1CCCC1)C(=O)c1ccc(S(=O)(=O)NCc2cccs2)cc1. The normalized spacial score (nSPS) is 15.1. The van der Waals surface area contributed by atoms with E-state index in [-0.39, 0.29) is 17.3 Å². The van der Waals surface area contributed by atoms with Crippen molar-refractivity contribution in [1.29, 1.82) is 0 Å². The number of hydrogen-bond acceptors (Lipinski definition) is 5. The summed E-state index contributed by atoms with van der Waals surface area (Å²) in [4.78, 5) is 17.7.